The Labute approximate surface area is 85.1 Å². The van der Waals surface area contributed by atoms with Gasteiger partial charge in [0, 0.05) is 12.3 Å². The van der Waals surface area contributed by atoms with Crippen molar-refractivity contribution in [2.75, 3.05) is 0 Å². The monoisotopic (exact) mass is 200 g/mol. The SMILES string of the molecule is Cc1ccnc2nc(-c3ccon3)[nH]c12. The third kappa shape index (κ3) is 1.20. The van der Waals surface area contributed by atoms with Gasteiger partial charge in [0.2, 0.25) is 0 Å². The summed E-state index contributed by atoms with van der Waals surface area (Å²) in [6.45, 7) is 2.01. The zero-order chi connectivity index (χ0) is 10.3. The number of nitrogens with zero attached hydrogens (tertiary/aromatic N) is 3. The van der Waals surface area contributed by atoms with Gasteiger partial charge in [-0.1, -0.05) is 5.16 Å². The van der Waals surface area contributed by atoms with Gasteiger partial charge in [-0.15, -0.1) is 0 Å². The molecule has 0 fully saturated rings. The Balaban J connectivity index is 2.27. The Kier molecular flexibility index (Phi) is 1.58. The second-order valence-electron chi connectivity index (χ2n) is 3.30. The van der Waals surface area contributed by atoms with E-state index in [-0.39, 0.29) is 0 Å². The molecule has 0 radical (unpaired) electrons. The van der Waals surface area contributed by atoms with Gasteiger partial charge >= 0.3 is 0 Å². The smallest absolute Gasteiger partial charge is 0.178 e. The highest BCUT2D eigenvalue weighted by atomic mass is 16.5. The predicted molar refractivity (Wildman–Crippen MR) is 54.1 cm³/mol. The third-order valence-electron chi connectivity index (χ3n) is 2.28. The lowest BCUT2D eigenvalue weighted by Gasteiger charge is -1.90. The number of hydrogen-bond acceptors (Lipinski definition) is 4. The summed E-state index contributed by atoms with van der Waals surface area (Å²) >= 11 is 0. The zero-order valence-electron chi connectivity index (χ0n) is 8.06. The summed E-state index contributed by atoms with van der Waals surface area (Å²) in [5, 5.41) is 3.81. The quantitative estimate of drug-likeness (QED) is 0.651. The second-order valence-corrected chi connectivity index (χ2v) is 3.30. The number of aromatic nitrogens is 4. The second kappa shape index (κ2) is 2.91. The molecule has 3 heterocycles. The lowest BCUT2D eigenvalue weighted by Crippen LogP contribution is -1.78. The van der Waals surface area contributed by atoms with Gasteiger partial charge in [-0.2, -0.15) is 0 Å². The number of imidazole rings is 1. The largest absolute Gasteiger partial charge is 0.364 e. The van der Waals surface area contributed by atoms with Crippen LogP contribution in [0.3, 0.4) is 0 Å². The normalized spacial score (nSPS) is 11.0. The molecule has 15 heavy (non-hydrogen) atoms. The molecule has 0 amide bonds. The number of aromatic amines is 1. The molecular weight excluding hydrogens is 192 g/mol. The van der Waals surface area contributed by atoms with Crippen molar-refractivity contribution in [3.63, 3.8) is 0 Å². The van der Waals surface area contributed by atoms with Crippen LogP contribution in [0.25, 0.3) is 22.7 Å². The highest BCUT2D eigenvalue weighted by Crippen LogP contribution is 2.19. The molecule has 0 saturated heterocycles. The molecule has 0 spiro atoms. The van der Waals surface area contributed by atoms with Crippen LogP contribution in [0.5, 0.6) is 0 Å². The summed E-state index contributed by atoms with van der Waals surface area (Å²) in [7, 11) is 0. The van der Waals surface area contributed by atoms with Gasteiger partial charge in [0.15, 0.2) is 11.5 Å². The molecular formula is C10H8N4O. The lowest BCUT2D eigenvalue weighted by atomic mass is 10.3. The number of aryl methyl sites for hydroxylation is 1. The number of fused-ring (bicyclic) bond motifs is 1. The Morgan fingerprint density at radius 3 is 3.00 bits per heavy atom. The predicted octanol–water partition coefficient (Wildman–Crippen LogP) is 1.92. The van der Waals surface area contributed by atoms with Crippen LogP contribution < -0.4 is 0 Å². The van der Waals surface area contributed by atoms with Crippen LogP contribution >= 0.6 is 0 Å². The van der Waals surface area contributed by atoms with Crippen molar-refractivity contribution in [3.05, 3.63) is 30.2 Å². The van der Waals surface area contributed by atoms with E-state index in [1.54, 1.807) is 12.3 Å². The van der Waals surface area contributed by atoms with Crippen molar-refractivity contribution < 1.29 is 4.52 Å². The summed E-state index contributed by atoms with van der Waals surface area (Å²) < 4.78 is 4.76. The van der Waals surface area contributed by atoms with Crippen LogP contribution in [0.1, 0.15) is 5.56 Å². The summed E-state index contributed by atoms with van der Waals surface area (Å²) in [5.41, 5.74) is 3.44. The van der Waals surface area contributed by atoms with Crippen LogP contribution in [-0.4, -0.2) is 20.1 Å². The van der Waals surface area contributed by atoms with Crippen LogP contribution in [0.2, 0.25) is 0 Å². The summed E-state index contributed by atoms with van der Waals surface area (Å²) in [4.78, 5) is 11.7. The maximum Gasteiger partial charge on any atom is 0.178 e. The zero-order valence-corrected chi connectivity index (χ0v) is 8.06. The number of nitrogens with one attached hydrogen (secondary N) is 1. The van der Waals surface area contributed by atoms with E-state index in [1.807, 2.05) is 13.0 Å². The van der Waals surface area contributed by atoms with E-state index in [0.717, 1.165) is 11.1 Å². The highest BCUT2D eigenvalue weighted by Gasteiger charge is 2.09. The average molecular weight is 200 g/mol. The van der Waals surface area contributed by atoms with Crippen molar-refractivity contribution in [1.29, 1.82) is 0 Å². The van der Waals surface area contributed by atoms with Crippen molar-refractivity contribution in [2.45, 2.75) is 6.92 Å². The van der Waals surface area contributed by atoms with Crippen LogP contribution in [0.15, 0.2) is 29.1 Å². The number of H-pyrrole nitrogens is 1. The molecule has 5 heteroatoms. The van der Waals surface area contributed by atoms with Gasteiger partial charge in [0.05, 0.1) is 5.52 Å². The first-order valence-electron chi connectivity index (χ1n) is 4.56. The average Bonchev–Trinajstić information content (AvgIpc) is 2.86. The molecule has 0 aliphatic heterocycles. The van der Waals surface area contributed by atoms with E-state index >= 15 is 0 Å². The molecule has 3 aromatic rings. The van der Waals surface area contributed by atoms with Crippen molar-refractivity contribution in [2.24, 2.45) is 0 Å². The van der Waals surface area contributed by atoms with Gasteiger partial charge in [0.1, 0.15) is 12.0 Å². The van der Waals surface area contributed by atoms with Gasteiger partial charge in [-0.05, 0) is 18.6 Å². The molecule has 3 rings (SSSR count). The molecule has 5 nitrogen and oxygen atoms in total. The minimum atomic E-state index is 0.681. The molecule has 3 aromatic heterocycles. The molecule has 0 saturated carbocycles. The first kappa shape index (κ1) is 8.16. The van der Waals surface area contributed by atoms with E-state index in [9.17, 15) is 0 Å². The lowest BCUT2D eigenvalue weighted by molar-refractivity contribution is 0.422. The fourth-order valence-electron chi connectivity index (χ4n) is 1.49. The molecule has 0 aromatic carbocycles. The van der Waals surface area contributed by atoms with Gasteiger partial charge in [0.25, 0.3) is 0 Å². The molecule has 0 aliphatic rings. The van der Waals surface area contributed by atoms with Crippen LogP contribution in [-0.2, 0) is 0 Å². The Morgan fingerprint density at radius 2 is 2.27 bits per heavy atom. The minimum Gasteiger partial charge on any atom is -0.364 e. The Hall–Kier alpha value is -2.17. The maximum absolute atomic E-state index is 4.76. The van der Waals surface area contributed by atoms with Crippen LogP contribution in [0.4, 0.5) is 0 Å². The van der Waals surface area contributed by atoms with E-state index < -0.39 is 0 Å². The molecule has 0 unspecified atom stereocenters. The van der Waals surface area contributed by atoms with Crippen molar-refractivity contribution in [1.82, 2.24) is 20.1 Å². The Bertz CT molecular complexity index is 597. The maximum atomic E-state index is 4.76. The number of hydrogen-bond donors (Lipinski definition) is 1. The summed E-state index contributed by atoms with van der Waals surface area (Å²) in [6, 6.07) is 3.69. The molecule has 74 valence electrons. The van der Waals surface area contributed by atoms with Gasteiger partial charge in [-0.25, -0.2) is 9.97 Å². The fraction of sp³-hybridized carbons (Fsp3) is 0.100. The molecule has 0 bridgehead atoms. The van der Waals surface area contributed by atoms with E-state index in [4.69, 9.17) is 4.52 Å². The molecule has 0 aliphatic carbocycles. The fourth-order valence-corrected chi connectivity index (χ4v) is 1.49. The summed E-state index contributed by atoms with van der Waals surface area (Å²) in [5.74, 6) is 0.681. The third-order valence-corrected chi connectivity index (χ3v) is 2.28. The van der Waals surface area contributed by atoms with Gasteiger partial charge in [-0.3, -0.25) is 0 Å². The number of pyridine rings is 1. The molecule has 1 N–H and O–H groups in total. The summed E-state index contributed by atoms with van der Waals surface area (Å²) in [6.07, 6.45) is 3.26. The van der Waals surface area contributed by atoms with Gasteiger partial charge < -0.3 is 9.51 Å². The first-order valence-corrected chi connectivity index (χ1v) is 4.56. The van der Waals surface area contributed by atoms with Crippen molar-refractivity contribution >= 4 is 11.2 Å². The minimum absolute atomic E-state index is 0.681. The van der Waals surface area contributed by atoms with E-state index in [2.05, 4.69) is 20.1 Å². The number of rotatable bonds is 1. The van der Waals surface area contributed by atoms with E-state index in [0.29, 0.717) is 17.2 Å². The van der Waals surface area contributed by atoms with Crippen molar-refractivity contribution in [3.8, 4) is 11.5 Å². The first-order chi connectivity index (χ1) is 7.34. The highest BCUT2D eigenvalue weighted by molar-refractivity contribution is 5.77. The Morgan fingerprint density at radius 1 is 1.33 bits per heavy atom. The van der Waals surface area contributed by atoms with E-state index in [1.165, 1.54) is 6.26 Å². The topological polar surface area (TPSA) is 67.6 Å². The standard InChI is InChI=1S/C10H8N4O/c1-6-2-4-11-10-8(6)12-9(13-10)7-3-5-15-14-7/h2-5H,1H3,(H,11,12,13). The van der Waals surface area contributed by atoms with Crippen LogP contribution in [0, 0.1) is 6.92 Å². The molecule has 0 atom stereocenters.